The van der Waals surface area contributed by atoms with E-state index >= 15 is 0 Å². The van der Waals surface area contributed by atoms with Crippen LogP contribution in [0.3, 0.4) is 0 Å². The second kappa shape index (κ2) is 10.5. The minimum atomic E-state index is -0.368. The highest BCUT2D eigenvalue weighted by Gasteiger charge is 2.17. The van der Waals surface area contributed by atoms with Gasteiger partial charge < -0.3 is 25.4 Å². The van der Waals surface area contributed by atoms with Crippen molar-refractivity contribution in [2.24, 2.45) is 0 Å². The Hall–Kier alpha value is -4.62. The summed E-state index contributed by atoms with van der Waals surface area (Å²) in [6.45, 7) is 2.62. The fourth-order valence-corrected chi connectivity index (χ4v) is 3.45. The van der Waals surface area contributed by atoms with Crippen LogP contribution < -0.4 is 20.7 Å². The van der Waals surface area contributed by atoms with Gasteiger partial charge in [0.2, 0.25) is 0 Å². The van der Waals surface area contributed by atoms with Gasteiger partial charge in [0.15, 0.2) is 0 Å². The van der Waals surface area contributed by atoms with E-state index < -0.39 is 0 Å². The van der Waals surface area contributed by atoms with Crippen molar-refractivity contribution in [3.05, 3.63) is 77.9 Å². The van der Waals surface area contributed by atoms with E-state index in [1.807, 2.05) is 6.92 Å². The van der Waals surface area contributed by atoms with Crippen LogP contribution in [0.25, 0.3) is 5.52 Å². The fourth-order valence-electron chi connectivity index (χ4n) is 3.45. The van der Waals surface area contributed by atoms with Crippen molar-refractivity contribution in [2.45, 2.75) is 6.92 Å². The number of urea groups is 1. The lowest BCUT2D eigenvalue weighted by molar-refractivity contribution is 0.198. The third kappa shape index (κ3) is 5.48. The molecule has 3 N–H and O–H groups in total. The third-order valence-corrected chi connectivity index (χ3v) is 5.19. The van der Waals surface area contributed by atoms with E-state index in [0.717, 1.165) is 5.56 Å². The van der Waals surface area contributed by atoms with E-state index in [2.05, 4.69) is 27.1 Å². The molecule has 2 aromatic heterocycles. The summed E-state index contributed by atoms with van der Waals surface area (Å²) in [4.78, 5) is 12.2. The second-order valence-electron chi connectivity index (χ2n) is 7.59. The van der Waals surface area contributed by atoms with Gasteiger partial charge in [-0.2, -0.15) is 10.4 Å². The highest BCUT2D eigenvalue weighted by atomic mass is 19.1. The molecule has 0 atom stereocenters. The molecule has 9 nitrogen and oxygen atoms in total. The van der Waals surface area contributed by atoms with Gasteiger partial charge in [0.05, 0.1) is 41.5 Å². The smallest absolute Gasteiger partial charge is 0.319 e. The van der Waals surface area contributed by atoms with E-state index in [4.69, 9.17) is 9.47 Å². The van der Waals surface area contributed by atoms with Gasteiger partial charge in [-0.15, -0.1) is 0 Å². The van der Waals surface area contributed by atoms with Crippen LogP contribution in [0.5, 0.6) is 11.5 Å². The van der Waals surface area contributed by atoms with Crippen LogP contribution in [0, 0.1) is 24.1 Å². The number of carbonyl (C=O) groups excluding carboxylic acids is 1. The number of anilines is 3. The molecule has 0 saturated heterocycles. The van der Waals surface area contributed by atoms with E-state index in [9.17, 15) is 14.4 Å². The molecule has 0 saturated carbocycles. The molecule has 2 heterocycles. The Morgan fingerprint density at radius 1 is 1.14 bits per heavy atom. The van der Waals surface area contributed by atoms with Crippen LogP contribution in [0.1, 0.15) is 11.1 Å². The molecular weight excluding hydrogens is 451 g/mol. The third-order valence-electron chi connectivity index (χ3n) is 5.19. The lowest BCUT2D eigenvalue weighted by atomic mass is 10.1. The summed E-state index contributed by atoms with van der Waals surface area (Å²) < 4.78 is 25.4. The van der Waals surface area contributed by atoms with E-state index in [0.29, 0.717) is 52.8 Å². The van der Waals surface area contributed by atoms with E-state index in [1.165, 1.54) is 18.3 Å². The van der Waals surface area contributed by atoms with Crippen molar-refractivity contribution in [1.82, 2.24) is 14.9 Å². The quantitative estimate of drug-likeness (QED) is 0.311. The fraction of sp³-hybridized carbons (Fsp3) is 0.160. The van der Waals surface area contributed by atoms with E-state index in [1.54, 1.807) is 54.2 Å². The number of carbonyl (C=O) groups is 1. The van der Waals surface area contributed by atoms with Gasteiger partial charge in [-0.25, -0.2) is 13.7 Å². The molecule has 0 aliphatic carbocycles. The molecule has 0 spiro atoms. The predicted molar refractivity (Wildman–Crippen MR) is 130 cm³/mol. The Morgan fingerprint density at radius 2 is 1.83 bits per heavy atom. The van der Waals surface area contributed by atoms with Gasteiger partial charge in [0.1, 0.15) is 23.4 Å². The maximum atomic E-state index is 13.1. The van der Waals surface area contributed by atoms with Crippen LogP contribution in [0.4, 0.5) is 26.2 Å². The summed E-state index contributed by atoms with van der Waals surface area (Å²) in [5, 5.41) is 22.8. The van der Waals surface area contributed by atoms with Crippen molar-refractivity contribution < 1.29 is 18.7 Å². The van der Waals surface area contributed by atoms with Crippen molar-refractivity contribution in [3.8, 4) is 17.6 Å². The first kappa shape index (κ1) is 23.5. The molecule has 10 heteroatoms. The number of benzene rings is 2. The molecule has 0 unspecified atom stereocenters. The number of ether oxygens (including phenoxy) is 2. The highest BCUT2D eigenvalue weighted by Crippen LogP contribution is 2.33. The molecular formula is C25H23FN6O3. The summed E-state index contributed by atoms with van der Waals surface area (Å²) >= 11 is 0. The summed E-state index contributed by atoms with van der Waals surface area (Å²) in [5.74, 6) is 0.761. The number of nitriles is 1. The molecule has 0 aliphatic heterocycles. The first-order valence-corrected chi connectivity index (χ1v) is 10.7. The molecule has 4 rings (SSSR count). The summed E-state index contributed by atoms with van der Waals surface area (Å²) in [7, 11) is 1.56. The predicted octanol–water partition coefficient (Wildman–Crippen LogP) is 4.96. The van der Waals surface area contributed by atoms with Crippen molar-refractivity contribution in [3.63, 3.8) is 0 Å². The normalized spacial score (nSPS) is 10.6. The maximum Gasteiger partial charge on any atom is 0.319 e. The minimum Gasteiger partial charge on any atom is -0.457 e. The summed E-state index contributed by atoms with van der Waals surface area (Å²) in [5.41, 5.74) is 3.58. The number of aromatic nitrogens is 2. The van der Waals surface area contributed by atoms with Crippen LogP contribution in [0.2, 0.25) is 0 Å². The Labute approximate surface area is 201 Å². The number of nitrogens with one attached hydrogen (secondary N) is 3. The van der Waals surface area contributed by atoms with Crippen LogP contribution in [-0.4, -0.2) is 35.9 Å². The number of rotatable bonds is 8. The average molecular weight is 474 g/mol. The van der Waals surface area contributed by atoms with Crippen LogP contribution in [-0.2, 0) is 4.74 Å². The Morgan fingerprint density at radius 3 is 2.49 bits per heavy atom. The largest absolute Gasteiger partial charge is 0.457 e. The standard InChI is InChI=1S/C25H23FN6O3/c1-16-22(31-25(33)28-11-12-34-2)15-32-24(16)23(17(13-27)14-29-32)30-19-5-9-21(10-6-19)35-20-7-3-18(26)4-8-20/h3-10,14-15,30H,11-12H2,1-2H3,(H2,28,31,33). The zero-order valence-electron chi connectivity index (χ0n) is 19.1. The zero-order chi connectivity index (χ0) is 24.8. The highest BCUT2D eigenvalue weighted by molar-refractivity contribution is 5.94. The first-order valence-electron chi connectivity index (χ1n) is 10.7. The first-order chi connectivity index (χ1) is 17.0. The average Bonchev–Trinajstić information content (AvgIpc) is 3.17. The number of hydrogen-bond acceptors (Lipinski definition) is 6. The number of fused-ring (bicyclic) bond motifs is 1. The van der Waals surface area contributed by atoms with Gasteiger partial charge in [-0.3, -0.25) is 0 Å². The van der Waals surface area contributed by atoms with Gasteiger partial charge >= 0.3 is 6.03 Å². The topological polar surface area (TPSA) is 113 Å². The Bertz CT molecular complexity index is 1380. The Balaban J connectivity index is 1.57. The van der Waals surface area contributed by atoms with Gasteiger partial charge in [-0.05, 0) is 55.5 Å². The zero-order valence-corrected chi connectivity index (χ0v) is 19.1. The van der Waals surface area contributed by atoms with E-state index in [-0.39, 0.29) is 11.8 Å². The van der Waals surface area contributed by atoms with Crippen molar-refractivity contribution in [2.75, 3.05) is 30.9 Å². The molecule has 2 aromatic carbocycles. The molecule has 4 aromatic rings. The molecule has 2 amide bonds. The van der Waals surface area contributed by atoms with Crippen molar-refractivity contribution >= 4 is 28.6 Å². The molecule has 0 fully saturated rings. The van der Waals surface area contributed by atoms with Gasteiger partial charge in [-0.1, -0.05) is 0 Å². The number of methoxy groups -OCH3 is 1. The lowest BCUT2D eigenvalue weighted by Crippen LogP contribution is -2.31. The number of amides is 2. The molecule has 0 bridgehead atoms. The maximum absolute atomic E-state index is 13.1. The number of hydrogen-bond donors (Lipinski definition) is 3. The number of halogens is 1. The molecule has 35 heavy (non-hydrogen) atoms. The molecule has 178 valence electrons. The monoisotopic (exact) mass is 474 g/mol. The molecule has 0 radical (unpaired) electrons. The molecule has 0 aliphatic rings. The van der Waals surface area contributed by atoms with Crippen LogP contribution >= 0.6 is 0 Å². The Kier molecular flexibility index (Phi) is 7.09. The lowest BCUT2D eigenvalue weighted by Gasteiger charge is -2.12. The van der Waals surface area contributed by atoms with Gasteiger partial charge in [0.25, 0.3) is 0 Å². The van der Waals surface area contributed by atoms with Crippen molar-refractivity contribution in [1.29, 1.82) is 5.26 Å². The minimum absolute atomic E-state index is 0.334. The SMILES string of the molecule is COCCNC(=O)Nc1cn2ncc(C#N)c(Nc3ccc(Oc4ccc(F)cc4)cc3)c2c1C. The summed E-state index contributed by atoms with van der Waals surface area (Å²) in [6.07, 6.45) is 3.15. The van der Waals surface area contributed by atoms with Crippen LogP contribution in [0.15, 0.2) is 60.9 Å². The van der Waals surface area contributed by atoms with Gasteiger partial charge in [0, 0.05) is 24.9 Å². The number of aryl methyl sites for hydroxylation is 1. The summed E-state index contributed by atoms with van der Waals surface area (Å²) in [6, 6.07) is 14.7. The number of nitrogens with zero attached hydrogens (tertiary/aromatic N) is 3. The second-order valence-corrected chi connectivity index (χ2v) is 7.59.